The van der Waals surface area contributed by atoms with Gasteiger partial charge < -0.3 is 9.47 Å². The molecule has 0 fully saturated rings. The lowest BCUT2D eigenvalue weighted by atomic mass is 9.86. The van der Waals surface area contributed by atoms with Crippen LogP contribution >= 0.6 is 0 Å². The Morgan fingerprint density at radius 3 is 3.00 bits per heavy atom. The Labute approximate surface area is 117 Å². The monoisotopic (exact) mass is 265 g/mol. The highest BCUT2D eigenvalue weighted by Crippen LogP contribution is 2.37. The van der Waals surface area contributed by atoms with E-state index in [4.69, 9.17) is 14.5 Å². The zero-order valence-electron chi connectivity index (χ0n) is 11.3. The molecule has 3 heteroatoms. The largest absolute Gasteiger partial charge is 0.497 e. The molecule has 0 bridgehead atoms. The molecule has 2 aliphatic heterocycles. The Morgan fingerprint density at radius 1 is 1.20 bits per heavy atom. The lowest BCUT2D eigenvalue weighted by molar-refractivity contribution is 0.272. The number of benzene rings is 2. The molecular weight excluding hydrogens is 250 g/mol. The summed E-state index contributed by atoms with van der Waals surface area (Å²) < 4.78 is 11.1. The SMILES string of the molecule is COc1ccc2c(c1)CC1COc3ccccc3C1=N2. The molecule has 100 valence electrons. The average molecular weight is 265 g/mol. The first kappa shape index (κ1) is 11.5. The number of rotatable bonds is 1. The fraction of sp³-hybridized carbons (Fsp3) is 0.235. The van der Waals surface area contributed by atoms with Crippen LogP contribution in [0.4, 0.5) is 5.69 Å². The Bertz CT molecular complexity index is 706. The van der Waals surface area contributed by atoms with Crippen LogP contribution in [0.5, 0.6) is 11.5 Å². The van der Waals surface area contributed by atoms with Gasteiger partial charge in [0.15, 0.2) is 0 Å². The molecule has 0 amide bonds. The minimum absolute atomic E-state index is 0.338. The van der Waals surface area contributed by atoms with Gasteiger partial charge in [0.25, 0.3) is 0 Å². The van der Waals surface area contributed by atoms with Crippen molar-refractivity contribution in [1.82, 2.24) is 0 Å². The third-order valence-corrected chi connectivity index (χ3v) is 3.98. The van der Waals surface area contributed by atoms with Gasteiger partial charge in [-0.15, -0.1) is 0 Å². The number of para-hydroxylation sites is 1. The van der Waals surface area contributed by atoms with Gasteiger partial charge in [0.05, 0.1) is 25.1 Å². The van der Waals surface area contributed by atoms with Crippen molar-refractivity contribution in [2.24, 2.45) is 10.9 Å². The van der Waals surface area contributed by atoms with Gasteiger partial charge in [-0.1, -0.05) is 12.1 Å². The molecule has 0 saturated heterocycles. The van der Waals surface area contributed by atoms with E-state index < -0.39 is 0 Å². The van der Waals surface area contributed by atoms with Crippen LogP contribution in [0.15, 0.2) is 47.5 Å². The summed E-state index contributed by atoms with van der Waals surface area (Å²) in [6, 6.07) is 14.2. The van der Waals surface area contributed by atoms with E-state index in [9.17, 15) is 0 Å². The lowest BCUT2D eigenvalue weighted by Crippen LogP contribution is -2.31. The minimum Gasteiger partial charge on any atom is -0.497 e. The van der Waals surface area contributed by atoms with Gasteiger partial charge in [-0.2, -0.15) is 0 Å². The van der Waals surface area contributed by atoms with Crippen LogP contribution < -0.4 is 9.47 Å². The van der Waals surface area contributed by atoms with Gasteiger partial charge in [-0.3, -0.25) is 4.99 Å². The fourth-order valence-electron chi connectivity index (χ4n) is 2.96. The second-order valence-corrected chi connectivity index (χ2v) is 5.20. The molecule has 0 N–H and O–H groups in total. The van der Waals surface area contributed by atoms with E-state index in [0.29, 0.717) is 12.5 Å². The minimum atomic E-state index is 0.338. The molecule has 2 aliphatic rings. The summed E-state index contributed by atoms with van der Waals surface area (Å²) in [5, 5.41) is 0. The smallest absolute Gasteiger partial charge is 0.128 e. The Morgan fingerprint density at radius 2 is 2.10 bits per heavy atom. The molecule has 2 heterocycles. The third-order valence-electron chi connectivity index (χ3n) is 3.98. The van der Waals surface area contributed by atoms with Crippen molar-refractivity contribution in [3.8, 4) is 11.5 Å². The maximum Gasteiger partial charge on any atom is 0.128 e. The van der Waals surface area contributed by atoms with E-state index in [1.807, 2.05) is 30.3 Å². The first-order valence-electron chi connectivity index (χ1n) is 6.83. The maximum absolute atomic E-state index is 5.85. The lowest BCUT2D eigenvalue weighted by Gasteiger charge is -2.30. The Hall–Kier alpha value is -2.29. The van der Waals surface area contributed by atoms with Crippen LogP contribution in [-0.4, -0.2) is 19.4 Å². The Balaban J connectivity index is 1.85. The number of ether oxygens (including phenoxy) is 2. The summed E-state index contributed by atoms with van der Waals surface area (Å²) in [5.41, 5.74) is 4.57. The van der Waals surface area contributed by atoms with Crippen LogP contribution in [0.25, 0.3) is 0 Å². The first-order valence-corrected chi connectivity index (χ1v) is 6.83. The molecule has 2 aromatic rings. The topological polar surface area (TPSA) is 30.8 Å². The van der Waals surface area contributed by atoms with Gasteiger partial charge in [-0.25, -0.2) is 0 Å². The van der Waals surface area contributed by atoms with Crippen LogP contribution in [0.3, 0.4) is 0 Å². The summed E-state index contributed by atoms with van der Waals surface area (Å²) in [5.74, 6) is 2.17. The zero-order chi connectivity index (χ0) is 13.5. The molecule has 4 rings (SSSR count). The molecule has 3 nitrogen and oxygen atoms in total. The van der Waals surface area contributed by atoms with E-state index in [-0.39, 0.29) is 0 Å². The molecule has 0 aliphatic carbocycles. The highest BCUT2D eigenvalue weighted by molar-refractivity contribution is 6.07. The summed E-state index contributed by atoms with van der Waals surface area (Å²) in [6.45, 7) is 0.701. The Kier molecular flexibility index (Phi) is 2.52. The van der Waals surface area contributed by atoms with Gasteiger partial charge in [0.2, 0.25) is 0 Å². The second kappa shape index (κ2) is 4.37. The molecule has 0 radical (unpaired) electrons. The van der Waals surface area contributed by atoms with Crippen LogP contribution in [0.2, 0.25) is 0 Å². The van der Waals surface area contributed by atoms with Crippen molar-refractivity contribution in [2.75, 3.05) is 13.7 Å². The van der Waals surface area contributed by atoms with Crippen molar-refractivity contribution in [3.05, 3.63) is 53.6 Å². The summed E-state index contributed by atoms with van der Waals surface area (Å²) >= 11 is 0. The van der Waals surface area contributed by atoms with Gasteiger partial charge in [0.1, 0.15) is 11.5 Å². The molecule has 20 heavy (non-hydrogen) atoms. The van der Waals surface area contributed by atoms with Gasteiger partial charge >= 0.3 is 0 Å². The maximum atomic E-state index is 5.85. The molecular formula is C17H15NO2. The van der Waals surface area contributed by atoms with Crippen molar-refractivity contribution in [1.29, 1.82) is 0 Å². The van der Waals surface area contributed by atoms with E-state index >= 15 is 0 Å². The van der Waals surface area contributed by atoms with E-state index in [2.05, 4.69) is 12.1 Å². The number of nitrogens with zero attached hydrogens (tertiary/aromatic N) is 1. The summed E-state index contributed by atoms with van der Waals surface area (Å²) in [6.07, 6.45) is 0.958. The van der Waals surface area contributed by atoms with Crippen LogP contribution in [0.1, 0.15) is 11.1 Å². The number of hydrogen-bond donors (Lipinski definition) is 0. The molecule has 2 aromatic carbocycles. The zero-order valence-corrected chi connectivity index (χ0v) is 11.3. The van der Waals surface area contributed by atoms with Gasteiger partial charge in [-0.05, 0) is 42.3 Å². The van der Waals surface area contributed by atoms with Crippen molar-refractivity contribution in [2.45, 2.75) is 6.42 Å². The molecule has 0 spiro atoms. The predicted molar refractivity (Wildman–Crippen MR) is 78.3 cm³/mol. The summed E-state index contributed by atoms with van der Waals surface area (Å²) in [4.78, 5) is 4.87. The van der Waals surface area contributed by atoms with E-state index in [1.165, 1.54) is 5.56 Å². The standard InChI is InChI=1S/C17H15NO2/c1-19-13-6-7-15-11(9-13)8-12-10-20-16-5-3-2-4-14(16)17(12)18-15/h2-7,9,12H,8,10H2,1H3. The number of methoxy groups -OCH3 is 1. The molecule has 1 unspecified atom stereocenters. The van der Waals surface area contributed by atoms with E-state index in [1.54, 1.807) is 7.11 Å². The normalized spacial score (nSPS) is 19.1. The number of aliphatic imine (C=N–C) groups is 1. The number of hydrogen-bond acceptors (Lipinski definition) is 3. The second-order valence-electron chi connectivity index (χ2n) is 5.20. The molecule has 0 saturated carbocycles. The van der Waals surface area contributed by atoms with E-state index in [0.717, 1.165) is 34.9 Å². The third kappa shape index (κ3) is 1.70. The summed E-state index contributed by atoms with van der Waals surface area (Å²) in [7, 11) is 1.69. The van der Waals surface area contributed by atoms with Gasteiger partial charge in [0, 0.05) is 11.5 Å². The molecule has 0 aromatic heterocycles. The van der Waals surface area contributed by atoms with Crippen molar-refractivity contribution < 1.29 is 9.47 Å². The predicted octanol–water partition coefficient (Wildman–Crippen LogP) is 3.38. The average Bonchev–Trinajstić information content (AvgIpc) is 2.52. The highest BCUT2D eigenvalue weighted by atomic mass is 16.5. The van der Waals surface area contributed by atoms with Crippen molar-refractivity contribution >= 4 is 11.4 Å². The van der Waals surface area contributed by atoms with Crippen LogP contribution in [0, 0.1) is 5.92 Å². The number of fused-ring (bicyclic) bond motifs is 4. The van der Waals surface area contributed by atoms with Crippen LogP contribution in [-0.2, 0) is 6.42 Å². The molecule has 1 atom stereocenters. The fourth-order valence-corrected chi connectivity index (χ4v) is 2.96. The quantitative estimate of drug-likeness (QED) is 0.791. The first-order chi connectivity index (χ1) is 9.85. The van der Waals surface area contributed by atoms with Crippen molar-refractivity contribution in [3.63, 3.8) is 0 Å². The highest BCUT2D eigenvalue weighted by Gasteiger charge is 2.30.